The lowest BCUT2D eigenvalue weighted by Crippen LogP contribution is -2.22. The van der Waals surface area contributed by atoms with Gasteiger partial charge in [-0.2, -0.15) is 0 Å². The third-order valence-electron chi connectivity index (χ3n) is 4.58. The number of nitrogens with one attached hydrogen (secondary N) is 1. The summed E-state index contributed by atoms with van der Waals surface area (Å²) in [6.45, 7) is 1.21. The highest BCUT2D eigenvalue weighted by atomic mass is 32.2. The molecule has 2 rings (SSSR count). The maximum Gasteiger partial charge on any atom is 0.341 e. The minimum absolute atomic E-state index is 0.0906. The number of carbonyl (C=O) groups excluding carboxylic acids is 3. The Morgan fingerprint density at radius 2 is 1.47 bits per heavy atom. The normalized spacial score (nSPS) is 11.0. The van der Waals surface area contributed by atoms with E-state index >= 15 is 0 Å². The van der Waals surface area contributed by atoms with Gasteiger partial charge in [-0.15, -0.1) is 0 Å². The lowest BCUT2D eigenvalue weighted by Gasteiger charge is -2.17. The van der Waals surface area contributed by atoms with Crippen molar-refractivity contribution in [3.63, 3.8) is 0 Å². The highest BCUT2D eigenvalue weighted by Crippen LogP contribution is 2.31. The molecule has 0 saturated heterocycles. The molecule has 0 unspecified atom stereocenters. The second kappa shape index (κ2) is 11.0. The zero-order valence-corrected chi connectivity index (χ0v) is 19.8. The molecule has 0 radical (unpaired) electrons. The van der Waals surface area contributed by atoms with Crippen LogP contribution in [0.1, 0.15) is 42.2 Å². The number of rotatable bonds is 9. The van der Waals surface area contributed by atoms with Crippen LogP contribution in [0, 0.1) is 6.92 Å². The summed E-state index contributed by atoms with van der Waals surface area (Å²) >= 11 is 0. The van der Waals surface area contributed by atoms with Gasteiger partial charge in [-0.05, 0) is 42.3 Å². The minimum Gasteiger partial charge on any atom is -0.507 e. The molecule has 0 fully saturated rings. The van der Waals surface area contributed by atoms with Crippen LogP contribution in [0.2, 0.25) is 0 Å². The van der Waals surface area contributed by atoms with E-state index in [4.69, 9.17) is 14.4 Å². The Kier molecular flexibility index (Phi) is 8.57. The Morgan fingerprint density at radius 1 is 0.882 bits per heavy atom. The molecule has 0 aromatic heterocycles. The molecule has 0 aliphatic heterocycles. The first-order valence-corrected chi connectivity index (χ1v) is 10.9. The molecular weight excluding hydrogens is 474 g/mol. The number of anilines is 1. The number of aryl methyl sites for hydroxylation is 1. The van der Waals surface area contributed by atoms with Gasteiger partial charge in [-0.25, -0.2) is 32.6 Å². The third kappa shape index (κ3) is 5.62. The number of hydrogen-bond donors (Lipinski definition) is 2. The average Bonchev–Trinajstić information content (AvgIpc) is 2.82. The molecule has 12 nitrogen and oxygen atoms in total. The lowest BCUT2D eigenvalue weighted by molar-refractivity contribution is -0.282. The summed E-state index contributed by atoms with van der Waals surface area (Å²) in [6, 6.07) is 4.54. The van der Waals surface area contributed by atoms with Gasteiger partial charge in [-0.3, -0.25) is 4.72 Å². The van der Waals surface area contributed by atoms with Gasteiger partial charge in [-0.1, -0.05) is 0 Å². The molecule has 0 amide bonds. The van der Waals surface area contributed by atoms with Crippen LogP contribution in [0.25, 0.3) is 0 Å². The van der Waals surface area contributed by atoms with Crippen molar-refractivity contribution in [2.24, 2.45) is 0 Å². The van der Waals surface area contributed by atoms with Crippen LogP contribution in [-0.4, -0.2) is 59.9 Å². The summed E-state index contributed by atoms with van der Waals surface area (Å²) in [7, 11) is -0.185. The Bertz CT molecular complexity index is 1220. The first-order valence-electron chi connectivity index (χ1n) is 9.44. The van der Waals surface area contributed by atoms with E-state index in [1.54, 1.807) is 0 Å². The van der Waals surface area contributed by atoms with Gasteiger partial charge in [0.15, 0.2) is 0 Å². The van der Waals surface area contributed by atoms with Gasteiger partial charge in [0.25, 0.3) is 10.0 Å². The van der Waals surface area contributed by atoms with Crippen LogP contribution < -0.4 is 4.72 Å². The predicted molar refractivity (Wildman–Crippen MR) is 116 cm³/mol. The van der Waals surface area contributed by atoms with Gasteiger partial charge in [0.2, 0.25) is 0 Å². The van der Waals surface area contributed by atoms with Crippen LogP contribution in [0.4, 0.5) is 5.69 Å². The molecule has 0 saturated carbocycles. The van der Waals surface area contributed by atoms with E-state index in [0.29, 0.717) is 0 Å². The summed E-state index contributed by atoms with van der Waals surface area (Å²) in [6.07, 6.45) is 0. The zero-order chi connectivity index (χ0) is 25.6. The van der Waals surface area contributed by atoms with Crippen LogP contribution >= 0.6 is 0 Å². The highest BCUT2D eigenvalue weighted by Gasteiger charge is 2.31. The van der Waals surface area contributed by atoms with E-state index in [2.05, 4.69) is 14.3 Å². The second-order valence-corrected chi connectivity index (χ2v) is 8.36. The molecule has 13 heteroatoms. The molecule has 0 bridgehead atoms. The first-order chi connectivity index (χ1) is 16.0. The van der Waals surface area contributed by atoms with Crippen molar-refractivity contribution in [2.45, 2.75) is 18.4 Å². The molecule has 184 valence electrons. The molecule has 2 aromatic rings. The van der Waals surface area contributed by atoms with Crippen LogP contribution in [-0.2, 0) is 40.6 Å². The Balaban J connectivity index is 2.76. The number of methoxy groups -OCH3 is 3. The van der Waals surface area contributed by atoms with Crippen LogP contribution in [0.15, 0.2) is 29.2 Å². The number of phenols is 1. The van der Waals surface area contributed by atoms with Gasteiger partial charge in [0, 0.05) is 0 Å². The molecular formula is C21H23NO11S. The fourth-order valence-electron chi connectivity index (χ4n) is 2.95. The standard InChI is InChI=1S/C21H23NO11S/c1-11-6-16(23)13(19(24)29-2)9-15(11)22-34(27,28)17-8-12(10-33-32-5)7-14(20(25)30-3)18(17)21(26)31-4/h6-9,22-23H,10H2,1-5H3. The number of phenolic OH excluding ortho intramolecular Hbond substituents is 1. The smallest absolute Gasteiger partial charge is 0.341 e. The SMILES string of the molecule is COOCc1cc(C(=O)OC)c(C(=O)OC)c(S(=O)(=O)Nc2cc(C(=O)OC)c(O)cc2C)c1. The number of hydrogen-bond acceptors (Lipinski definition) is 11. The third-order valence-corrected chi connectivity index (χ3v) is 5.97. The fraction of sp³-hybridized carbons (Fsp3) is 0.286. The minimum atomic E-state index is -4.58. The van der Waals surface area contributed by atoms with Gasteiger partial charge < -0.3 is 19.3 Å². The van der Waals surface area contributed by atoms with Crippen LogP contribution in [0.5, 0.6) is 5.75 Å². The van der Waals surface area contributed by atoms with E-state index in [1.165, 1.54) is 20.1 Å². The van der Waals surface area contributed by atoms with E-state index < -0.39 is 44.1 Å². The molecule has 34 heavy (non-hydrogen) atoms. The van der Waals surface area contributed by atoms with Gasteiger partial charge in [0.1, 0.15) is 22.8 Å². The average molecular weight is 497 g/mol. The molecule has 2 N–H and O–H groups in total. The number of sulfonamides is 1. The molecule has 0 spiro atoms. The zero-order valence-electron chi connectivity index (χ0n) is 19.0. The quantitative estimate of drug-likeness (QED) is 0.171. The Labute approximate surface area is 195 Å². The predicted octanol–water partition coefficient (Wildman–Crippen LogP) is 1.94. The highest BCUT2D eigenvalue weighted by molar-refractivity contribution is 7.92. The summed E-state index contributed by atoms with van der Waals surface area (Å²) < 4.78 is 43.0. The Hall–Kier alpha value is -3.68. The van der Waals surface area contributed by atoms with Crippen molar-refractivity contribution in [2.75, 3.05) is 33.2 Å². The summed E-state index contributed by atoms with van der Waals surface area (Å²) in [5.74, 6) is -3.43. The van der Waals surface area contributed by atoms with E-state index in [-0.39, 0.29) is 34.5 Å². The Morgan fingerprint density at radius 3 is 2.03 bits per heavy atom. The lowest BCUT2D eigenvalue weighted by atomic mass is 10.0. The number of benzene rings is 2. The molecule has 0 atom stereocenters. The van der Waals surface area contributed by atoms with Crippen molar-refractivity contribution in [3.8, 4) is 5.75 Å². The fourth-order valence-corrected chi connectivity index (χ4v) is 4.34. The molecule has 0 heterocycles. The van der Waals surface area contributed by atoms with E-state index in [0.717, 1.165) is 39.5 Å². The number of carbonyl (C=O) groups is 3. The summed E-state index contributed by atoms with van der Waals surface area (Å²) in [5.41, 5.74) is -0.936. The molecule has 0 aliphatic carbocycles. The summed E-state index contributed by atoms with van der Waals surface area (Å²) in [5, 5.41) is 10.0. The van der Waals surface area contributed by atoms with Crippen molar-refractivity contribution < 1.29 is 51.9 Å². The summed E-state index contributed by atoms with van der Waals surface area (Å²) in [4.78, 5) is 45.5. The number of aromatic hydroxyl groups is 1. The van der Waals surface area contributed by atoms with Crippen molar-refractivity contribution in [1.82, 2.24) is 0 Å². The maximum absolute atomic E-state index is 13.4. The number of esters is 3. The van der Waals surface area contributed by atoms with E-state index in [1.807, 2.05) is 0 Å². The number of ether oxygens (including phenoxy) is 3. The van der Waals surface area contributed by atoms with Crippen molar-refractivity contribution in [3.05, 3.63) is 52.1 Å². The van der Waals surface area contributed by atoms with Gasteiger partial charge in [0.05, 0.1) is 45.3 Å². The first kappa shape index (κ1) is 26.6. The molecule has 2 aromatic carbocycles. The van der Waals surface area contributed by atoms with Crippen LogP contribution in [0.3, 0.4) is 0 Å². The van der Waals surface area contributed by atoms with E-state index in [9.17, 15) is 27.9 Å². The largest absolute Gasteiger partial charge is 0.507 e. The molecule has 0 aliphatic rings. The van der Waals surface area contributed by atoms with Gasteiger partial charge >= 0.3 is 17.9 Å². The van der Waals surface area contributed by atoms with Crippen molar-refractivity contribution in [1.29, 1.82) is 0 Å². The maximum atomic E-state index is 13.4. The van der Waals surface area contributed by atoms with Crippen molar-refractivity contribution >= 4 is 33.6 Å². The second-order valence-electron chi connectivity index (χ2n) is 6.71. The monoisotopic (exact) mass is 497 g/mol. The topological polar surface area (TPSA) is 164 Å².